The molecule has 26 heavy (non-hydrogen) atoms. The molecular weight excluding hydrogens is 328 g/mol. The van der Waals surface area contributed by atoms with Crippen LogP contribution in [0.3, 0.4) is 0 Å². The number of hydrogen-bond donors (Lipinski definition) is 1. The van der Waals surface area contributed by atoms with Crippen molar-refractivity contribution in [3.63, 3.8) is 0 Å². The van der Waals surface area contributed by atoms with Gasteiger partial charge in [0.05, 0.1) is 12.1 Å². The molecule has 0 unspecified atom stereocenters. The van der Waals surface area contributed by atoms with Crippen LogP contribution in [0.5, 0.6) is 5.75 Å². The number of likely N-dealkylation sites (N-methyl/N-ethyl adjacent to an activating group) is 1. The summed E-state index contributed by atoms with van der Waals surface area (Å²) in [6.07, 6.45) is 1.82. The topological polar surface area (TPSA) is 58.6 Å². The lowest BCUT2D eigenvalue weighted by Crippen LogP contribution is -2.37. The Hall–Kier alpha value is -3.08. The summed E-state index contributed by atoms with van der Waals surface area (Å²) in [6.45, 7) is 4.07. The van der Waals surface area contributed by atoms with Crippen LogP contribution in [0.2, 0.25) is 0 Å². The summed E-state index contributed by atoms with van der Waals surface area (Å²) in [6, 6.07) is 13.4. The quantitative estimate of drug-likeness (QED) is 0.921. The van der Waals surface area contributed by atoms with E-state index in [-0.39, 0.29) is 25.0 Å². The minimum absolute atomic E-state index is 0.0222. The van der Waals surface area contributed by atoms with Crippen LogP contribution in [0.1, 0.15) is 16.7 Å². The van der Waals surface area contributed by atoms with Crippen LogP contribution in [0.15, 0.2) is 48.0 Å². The van der Waals surface area contributed by atoms with Crippen LogP contribution in [0.4, 0.5) is 5.69 Å². The second-order valence-corrected chi connectivity index (χ2v) is 6.47. The van der Waals surface area contributed by atoms with Gasteiger partial charge in [-0.25, -0.2) is 0 Å². The highest BCUT2D eigenvalue weighted by molar-refractivity contribution is 6.02. The summed E-state index contributed by atoms with van der Waals surface area (Å²) in [5, 5.41) is 2.90. The number of aryl methyl sites for hydroxylation is 2. The molecule has 134 valence electrons. The number of hydrogen-bond acceptors (Lipinski definition) is 3. The van der Waals surface area contributed by atoms with E-state index in [2.05, 4.69) is 5.32 Å². The van der Waals surface area contributed by atoms with Gasteiger partial charge in [0.1, 0.15) is 12.4 Å². The lowest BCUT2D eigenvalue weighted by atomic mass is 10.1. The Morgan fingerprint density at radius 3 is 2.50 bits per heavy atom. The van der Waals surface area contributed by atoms with Gasteiger partial charge in [-0.05, 0) is 37.1 Å². The largest absolute Gasteiger partial charge is 0.488 e. The summed E-state index contributed by atoms with van der Waals surface area (Å²) in [5.74, 6) is 0.326. The van der Waals surface area contributed by atoms with Crippen LogP contribution in [-0.4, -0.2) is 36.9 Å². The van der Waals surface area contributed by atoms with E-state index in [0.717, 1.165) is 28.1 Å². The Bertz CT molecular complexity index is 866. The first kappa shape index (κ1) is 17.7. The molecule has 0 saturated carbocycles. The molecule has 2 amide bonds. The van der Waals surface area contributed by atoms with E-state index < -0.39 is 0 Å². The van der Waals surface area contributed by atoms with E-state index in [4.69, 9.17) is 4.74 Å². The zero-order chi connectivity index (χ0) is 18.7. The van der Waals surface area contributed by atoms with Gasteiger partial charge in [0, 0.05) is 18.3 Å². The van der Waals surface area contributed by atoms with E-state index in [1.165, 1.54) is 4.90 Å². The highest BCUT2D eigenvalue weighted by Crippen LogP contribution is 2.26. The maximum atomic E-state index is 12.6. The SMILES string of the molecule is Cc1cccc(C)c1NC(=O)CN(C)C(=O)C1=Cc2ccccc2OC1. The zero-order valence-corrected chi connectivity index (χ0v) is 15.2. The van der Waals surface area contributed by atoms with E-state index in [1.54, 1.807) is 7.05 Å². The predicted octanol–water partition coefficient (Wildman–Crippen LogP) is 3.18. The molecule has 1 aliphatic heterocycles. The molecule has 0 spiro atoms. The second-order valence-electron chi connectivity index (χ2n) is 6.47. The monoisotopic (exact) mass is 350 g/mol. The normalized spacial score (nSPS) is 12.5. The van der Waals surface area contributed by atoms with Gasteiger partial charge < -0.3 is 15.0 Å². The molecule has 1 aliphatic rings. The fourth-order valence-corrected chi connectivity index (χ4v) is 2.96. The first-order valence-corrected chi connectivity index (χ1v) is 8.49. The first-order chi connectivity index (χ1) is 12.5. The Morgan fingerprint density at radius 2 is 1.77 bits per heavy atom. The molecule has 0 radical (unpaired) electrons. The molecule has 2 aromatic rings. The van der Waals surface area contributed by atoms with Gasteiger partial charge in [0.25, 0.3) is 5.91 Å². The van der Waals surface area contributed by atoms with Gasteiger partial charge in [-0.15, -0.1) is 0 Å². The van der Waals surface area contributed by atoms with Crippen LogP contribution >= 0.6 is 0 Å². The number of amides is 2. The maximum absolute atomic E-state index is 12.6. The average molecular weight is 350 g/mol. The number of carbonyl (C=O) groups is 2. The molecule has 0 fully saturated rings. The number of rotatable bonds is 4. The van der Waals surface area contributed by atoms with Crippen LogP contribution < -0.4 is 10.1 Å². The minimum Gasteiger partial charge on any atom is -0.488 e. The van der Waals surface area contributed by atoms with Gasteiger partial charge in [-0.2, -0.15) is 0 Å². The van der Waals surface area contributed by atoms with E-state index in [0.29, 0.717) is 5.57 Å². The van der Waals surface area contributed by atoms with Crippen molar-refractivity contribution < 1.29 is 14.3 Å². The number of anilines is 1. The molecule has 3 rings (SSSR count). The Balaban J connectivity index is 1.66. The molecule has 0 aliphatic carbocycles. The second kappa shape index (κ2) is 7.44. The van der Waals surface area contributed by atoms with Crippen molar-refractivity contribution in [2.75, 3.05) is 25.5 Å². The third kappa shape index (κ3) is 3.77. The third-order valence-corrected chi connectivity index (χ3v) is 4.38. The fourth-order valence-electron chi connectivity index (χ4n) is 2.96. The molecule has 2 aromatic carbocycles. The predicted molar refractivity (Wildman–Crippen MR) is 102 cm³/mol. The molecule has 5 nitrogen and oxygen atoms in total. The zero-order valence-electron chi connectivity index (χ0n) is 15.2. The molecule has 0 aromatic heterocycles. The maximum Gasteiger partial charge on any atom is 0.253 e. The average Bonchev–Trinajstić information content (AvgIpc) is 2.63. The molecule has 0 saturated heterocycles. The molecular formula is C21H22N2O3. The van der Waals surface area contributed by atoms with Crippen LogP contribution in [0, 0.1) is 13.8 Å². The Labute approximate surface area is 153 Å². The fraction of sp³-hybridized carbons (Fsp3) is 0.238. The van der Waals surface area contributed by atoms with Crippen LogP contribution in [-0.2, 0) is 9.59 Å². The number of fused-ring (bicyclic) bond motifs is 1. The Kier molecular flexibility index (Phi) is 5.07. The molecule has 1 N–H and O–H groups in total. The molecule has 5 heteroatoms. The van der Waals surface area contributed by atoms with E-state index in [9.17, 15) is 9.59 Å². The number of carbonyl (C=O) groups excluding carboxylic acids is 2. The number of para-hydroxylation sites is 2. The lowest BCUT2D eigenvalue weighted by Gasteiger charge is -2.22. The summed E-state index contributed by atoms with van der Waals surface area (Å²) < 4.78 is 5.62. The van der Waals surface area contributed by atoms with Crippen molar-refractivity contribution in [2.24, 2.45) is 0 Å². The Morgan fingerprint density at radius 1 is 1.08 bits per heavy atom. The number of nitrogens with zero attached hydrogens (tertiary/aromatic N) is 1. The number of nitrogens with one attached hydrogen (secondary N) is 1. The van der Waals surface area contributed by atoms with Crippen molar-refractivity contribution in [3.05, 3.63) is 64.7 Å². The smallest absolute Gasteiger partial charge is 0.253 e. The summed E-state index contributed by atoms with van der Waals surface area (Å²) in [4.78, 5) is 26.4. The van der Waals surface area contributed by atoms with Crippen LogP contribution in [0.25, 0.3) is 6.08 Å². The standard InChI is InChI=1S/C21H22N2O3/c1-14-7-6-8-15(2)20(14)22-19(24)12-23(3)21(25)17-11-16-9-4-5-10-18(16)26-13-17/h4-11H,12-13H2,1-3H3,(H,22,24). The lowest BCUT2D eigenvalue weighted by molar-refractivity contribution is -0.130. The van der Waals surface area contributed by atoms with Crippen molar-refractivity contribution in [3.8, 4) is 5.75 Å². The molecule has 0 bridgehead atoms. The van der Waals surface area contributed by atoms with Gasteiger partial charge >= 0.3 is 0 Å². The first-order valence-electron chi connectivity index (χ1n) is 8.49. The van der Waals surface area contributed by atoms with E-state index >= 15 is 0 Å². The summed E-state index contributed by atoms with van der Waals surface area (Å²) in [5.41, 5.74) is 4.19. The van der Waals surface area contributed by atoms with Gasteiger partial charge in [0.2, 0.25) is 5.91 Å². The number of benzene rings is 2. The summed E-state index contributed by atoms with van der Waals surface area (Å²) >= 11 is 0. The molecule has 0 atom stereocenters. The van der Waals surface area contributed by atoms with Gasteiger partial charge in [0.15, 0.2) is 0 Å². The van der Waals surface area contributed by atoms with Crippen molar-refractivity contribution in [2.45, 2.75) is 13.8 Å². The highest BCUT2D eigenvalue weighted by Gasteiger charge is 2.21. The third-order valence-electron chi connectivity index (χ3n) is 4.38. The van der Waals surface area contributed by atoms with Crippen molar-refractivity contribution in [1.82, 2.24) is 4.90 Å². The minimum atomic E-state index is -0.226. The van der Waals surface area contributed by atoms with Crippen molar-refractivity contribution in [1.29, 1.82) is 0 Å². The van der Waals surface area contributed by atoms with Gasteiger partial charge in [-0.3, -0.25) is 9.59 Å². The van der Waals surface area contributed by atoms with Crippen molar-refractivity contribution >= 4 is 23.6 Å². The highest BCUT2D eigenvalue weighted by atomic mass is 16.5. The molecule has 1 heterocycles. The van der Waals surface area contributed by atoms with E-state index in [1.807, 2.05) is 62.4 Å². The van der Waals surface area contributed by atoms with Gasteiger partial charge in [-0.1, -0.05) is 36.4 Å². The number of ether oxygens (including phenoxy) is 1. The summed E-state index contributed by atoms with van der Waals surface area (Å²) in [7, 11) is 1.62.